The Balaban J connectivity index is 1.23. The minimum Gasteiger partial charge on any atom is -0.377 e. The van der Waals surface area contributed by atoms with Crippen LogP contribution in [0, 0.1) is 17.8 Å². The van der Waals surface area contributed by atoms with E-state index in [1.54, 1.807) is 5.57 Å². The molecule has 5 unspecified atom stereocenters. The number of hydrogen-bond donors (Lipinski definition) is 0. The highest BCUT2D eigenvalue weighted by molar-refractivity contribution is 5.15. The fourth-order valence-corrected chi connectivity index (χ4v) is 7.77. The number of aromatic nitrogens is 2. The average Bonchev–Trinajstić information content (AvgIpc) is 3.91. The van der Waals surface area contributed by atoms with Crippen molar-refractivity contribution < 1.29 is 4.74 Å². The Morgan fingerprint density at radius 2 is 1.67 bits per heavy atom. The van der Waals surface area contributed by atoms with Crippen molar-refractivity contribution in [3.05, 3.63) is 71.8 Å². The van der Waals surface area contributed by atoms with Gasteiger partial charge in [0, 0.05) is 36.2 Å². The summed E-state index contributed by atoms with van der Waals surface area (Å²) in [6.45, 7) is 9.16. The second-order valence-corrected chi connectivity index (χ2v) is 13.8. The van der Waals surface area contributed by atoms with Gasteiger partial charge < -0.3 is 9.64 Å². The Kier molecular flexibility index (Phi) is 12.5. The largest absolute Gasteiger partial charge is 0.377 e. The maximum Gasteiger partial charge on any atom is 0.0650 e. The molecule has 0 N–H and O–H groups in total. The molecule has 0 amide bonds. The van der Waals surface area contributed by atoms with Crippen molar-refractivity contribution >= 4 is 0 Å². The van der Waals surface area contributed by atoms with Crippen LogP contribution in [-0.4, -0.2) is 47.2 Å². The molecule has 2 aromatic rings. The molecule has 4 heteroatoms. The average molecular weight is 572 g/mol. The van der Waals surface area contributed by atoms with Crippen molar-refractivity contribution in [1.82, 2.24) is 14.9 Å². The Hall–Kier alpha value is -2.04. The molecule has 2 aromatic heterocycles. The molecule has 0 aromatic carbocycles. The molecule has 1 saturated carbocycles. The molecule has 2 fully saturated rings. The van der Waals surface area contributed by atoms with E-state index >= 15 is 0 Å². The SMILES string of the molecule is CC(CCC(CCC(CC(CCC(C)N1CCCCCC1)C1CC1)c1ccccn1)C1=CCOCC1)c1cccnc1. The smallest absolute Gasteiger partial charge is 0.0650 e. The summed E-state index contributed by atoms with van der Waals surface area (Å²) in [4.78, 5) is 12.1. The first-order valence-corrected chi connectivity index (χ1v) is 17.5. The van der Waals surface area contributed by atoms with E-state index in [4.69, 9.17) is 9.72 Å². The number of likely N-dealkylation sites (tertiary alicyclic amines) is 1. The zero-order valence-electron chi connectivity index (χ0n) is 26.6. The van der Waals surface area contributed by atoms with Crippen LogP contribution >= 0.6 is 0 Å². The standard InChI is InChI=1S/C38H57N3O/c1-30(37-10-9-22-39-29-37)12-14-32(34-20-26-42-27-21-34)18-19-36(38-11-5-6-23-40-38)28-35(33-16-17-33)15-13-31(2)41-24-7-3-4-8-25-41/h5-6,9-11,20,22-23,29-33,35-36H,3-4,7-8,12-19,21,24-28H2,1-2H3. The molecule has 5 rings (SSSR count). The number of rotatable bonds is 16. The number of nitrogens with zero attached hydrogens (tertiary/aromatic N) is 3. The number of hydrogen-bond acceptors (Lipinski definition) is 4. The van der Waals surface area contributed by atoms with Gasteiger partial charge in [0.05, 0.1) is 13.2 Å². The van der Waals surface area contributed by atoms with Crippen LogP contribution < -0.4 is 0 Å². The molecule has 0 bridgehead atoms. The highest BCUT2D eigenvalue weighted by Crippen LogP contribution is 2.45. The van der Waals surface area contributed by atoms with E-state index in [0.29, 0.717) is 17.8 Å². The Labute approximate surface area is 256 Å². The zero-order chi connectivity index (χ0) is 29.0. The summed E-state index contributed by atoms with van der Waals surface area (Å²) >= 11 is 0. The normalized spacial score (nSPS) is 22.0. The van der Waals surface area contributed by atoms with Crippen LogP contribution in [0.25, 0.3) is 0 Å². The molecule has 0 spiro atoms. The summed E-state index contributed by atoms with van der Waals surface area (Å²) in [5, 5.41) is 0. The molecule has 2 aliphatic heterocycles. The maximum absolute atomic E-state index is 5.72. The van der Waals surface area contributed by atoms with Gasteiger partial charge in [-0.05, 0) is 144 Å². The van der Waals surface area contributed by atoms with Crippen LogP contribution in [0.15, 0.2) is 60.6 Å². The zero-order valence-corrected chi connectivity index (χ0v) is 26.6. The third-order valence-electron chi connectivity index (χ3n) is 10.8. The summed E-state index contributed by atoms with van der Waals surface area (Å²) in [5.41, 5.74) is 4.34. The molecule has 4 nitrogen and oxygen atoms in total. The third kappa shape index (κ3) is 9.74. The first kappa shape index (κ1) is 31.4. The Bertz CT molecular complexity index is 1040. The molecule has 4 heterocycles. The second-order valence-electron chi connectivity index (χ2n) is 13.8. The fraction of sp³-hybridized carbons (Fsp3) is 0.684. The van der Waals surface area contributed by atoms with Crippen molar-refractivity contribution in [2.45, 2.75) is 122 Å². The molecule has 3 aliphatic rings. The Morgan fingerprint density at radius 3 is 2.36 bits per heavy atom. The molecule has 230 valence electrons. The van der Waals surface area contributed by atoms with E-state index in [9.17, 15) is 0 Å². The van der Waals surface area contributed by atoms with E-state index in [1.807, 2.05) is 12.4 Å². The van der Waals surface area contributed by atoms with Crippen LogP contribution in [0.4, 0.5) is 0 Å². The minimum absolute atomic E-state index is 0.540. The summed E-state index contributed by atoms with van der Waals surface area (Å²) in [7, 11) is 0. The van der Waals surface area contributed by atoms with Gasteiger partial charge in [-0.3, -0.25) is 9.97 Å². The van der Waals surface area contributed by atoms with Crippen molar-refractivity contribution in [2.24, 2.45) is 17.8 Å². The van der Waals surface area contributed by atoms with Crippen molar-refractivity contribution in [3.8, 4) is 0 Å². The minimum atomic E-state index is 0.540. The molecule has 42 heavy (non-hydrogen) atoms. The summed E-state index contributed by atoms with van der Waals surface area (Å²) < 4.78 is 5.72. The lowest BCUT2D eigenvalue weighted by Crippen LogP contribution is -2.34. The number of pyridine rings is 2. The van der Waals surface area contributed by atoms with E-state index < -0.39 is 0 Å². The van der Waals surface area contributed by atoms with Gasteiger partial charge in [-0.15, -0.1) is 0 Å². The first-order chi connectivity index (χ1) is 20.7. The van der Waals surface area contributed by atoms with E-state index in [1.165, 1.54) is 108 Å². The quantitative estimate of drug-likeness (QED) is 0.188. The fourth-order valence-electron chi connectivity index (χ4n) is 7.77. The van der Waals surface area contributed by atoms with Crippen LogP contribution in [-0.2, 0) is 4.74 Å². The van der Waals surface area contributed by atoms with Gasteiger partial charge >= 0.3 is 0 Å². The van der Waals surface area contributed by atoms with Crippen LogP contribution in [0.2, 0.25) is 0 Å². The molecule has 1 aliphatic carbocycles. The lowest BCUT2D eigenvalue weighted by molar-refractivity contribution is 0.149. The monoisotopic (exact) mass is 571 g/mol. The van der Waals surface area contributed by atoms with E-state index in [2.05, 4.69) is 66.3 Å². The van der Waals surface area contributed by atoms with Gasteiger partial charge in [0.2, 0.25) is 0 Å². The predicted octanol–water partition coefficient (Wildman–Crippen LogP) is 9.35. The van der Waals surface area contributed by atoms with E-state index in [0.717, 1.165) is 37.5 Å². The van der Waals surface area contributed by atoms with Gasteiger partial charge in [0.25, 0.3) is 0 Å². The van der Waals surface area contributed by atoms with Gasteiger partial charge in [0.1, 0.15) is 0 Å². The van der Waals surface area contributed by atoms with Gasteiger partial charge in [-0.1, -0.05) is 43.5 Å². The third-order valence-corrected chi connectivity index (χ3v) is 10.8. The van der Waals surface area contributed by atoms with Gasteiger partial charge in [0.15, 0.2) is 0 Å². The topological polar surface area (TPSA) is 38.2 Å². The lowest BCUT2D eigenvalue weighted by Gasteiger charge is -2.31. The maximum atomic E-state index is 5.72. The molecule has 1 saturated heterocycles. The highest BCUT2D eigenvalue weighted by atomic mass is 16.5. The lowest BCUT2D eigenvalue weighted by atomic mass is 9.78. The second kappa shape index (κ2) is 16.7. The van der Waals surface area contributed by atoms with Gasteiger partial charge in [-0.25, -0.2) is 0 Å². The van der Waals surface area contributed by atoms with Crippen LogP contribution in [0.3, 0.4) is 0 Å². The first-order valence-electron chi connectivity index (χ1n) is 17.5. The summed E-state index contributed by atoms with van der Waals surface area (Å²) in [5.74, 6) is 3.53. The molecule has 5 atom stereocenters. The molecular formula is C38H57N3O. The van der Waals surface area contributed by atoms with Crippen molar-refractivity contribution in [1.29, 1.82) is 0 Å². The predicted molar refractivity (Wildman–Crippen MR) is 175 cm³/mol. The molecule has 0 radical (unpaired) electrons. The Morgan fingerprint density at radius 1 is 0.857 bits per heavy atom. The van der Waals surface area contributed by atoms with E-state index in [-0.39, 0.29) is 0 Å². The summed E-state index contributed by atoms with van der Waals surface area (Å²) in [6.07, 6.45) is 27.0. The summed E-state index contributed by atoms with van der Waals surface area (Å²) in [6, 6.07) is 11.6. The highest BCUT2D eigenvalue weighted by Gasteiger charge is 2.34. The van der Waals surface area contributed by atoms with Crippen molar-refractivity contribution in [2.75, 3.05) is 26.3 Å². The van der Waals surface area contributed by atoms with Gasteiger partial charge in [-0.2, -0.15) is 0 Å². The van der Waals surface area contributed by atoms with Crippen LogP contribution in [0.1, 0.15) is 127 Å². The van der Waals surface area contributed by atoms with Crippen molar-refractivity contribution in [3.63, 3.8) is 0 Å². The van der Waals surface area contributed by atoms with Crippen LogP contribution in [0.5, 0.6) is 0 Å². The number of ether oxygens (including phenoxy) is 1. The molecular weight excluding hydrogens is 514 g/mol.